The number of ketones is 1. The maximum absolute atomic E-state index is 12.5. The number of hydrogen-bond donors (Lipinski definition) is 0. The van der Waals surface area contributed by atoms with Crippen molar-refractivity contribution in [3.05, 3.63) is 65.3 Å². The van der Waals surface area contributed by atoms with E-state index in [0.29, 0.717) is 0 Å². The van der Waals surface area contributed by atoms with Crippen molar-refractivity contribution in [2.24, 2.45) is 5.41 Å². The SMILES string of the molecule is CC1(C)C(=O)C(C2=CCC(=S)C=C2)=C1c1ccccc1. The summed E-state index contributed by atoms with van der Waals surface area (Å²) in [6.07, 6.45) is 6.71. The summed E-state index contributed by atoms with van der Waals surface area (Å²) in [6, 6.07) is 10.2. The van der Waals surface area contributed by atoms with Crippen LogP contribution in [-0.2, 0) is 4.79 Å². The van der Waals surface area contributed by atoms with Gasteiger partial charge in [0.05, 0.1) is 5.41 Å². The van der Waals surface area contributed by atoms with Gasteiger partial charge in [0.2, 0.25) is 0 Å². The number of Topliss-reactive ketones (excluding diaryl/α,β-unsaturated/α-hetero) is 1. The Bertz CT molecular complexity index is 687. The minimum atomic E-state index is -0.399. The first kappa shape index (κ1) is 13.2. The number of carbonyl (C=O) groups is 1. The van der Waals surface area contributed by atoms with Gasteiger partial charge in [0.15, 0.2) is 5.78 Å². The summed E-state index contributed by atoms with van der Waals surface area (Å²) in [5.74, 6) is 0.222. The van der Waals surface area contributed by atoms with Crippen molar-refractivity contribution in [3.63, 3.8) is 0 Å². The molecular formula is C18H16OS. The summed E-state index contributed by atoms with van der Waals surface area (Å²) < 4.78 is 0. The van der Waals surface area contributed by atoms with Crippen LogP contribution in [0.2, 0.25) is 0 Å². The van der Waals surface area contributed by atoms with E-state index in [9.17, 15) is 4.79 Å². The first-order valence-corrected chi connectivity index (χ1v) is 7.19. The van der Waals surface area contributed by atoms with Crippen LogP contribution in [0.1, 0.15) is 25.8 Å². The molecule has 2 aliphatic carbocycles. The van der Waals surface area contributed by atoms with Gasteiger partial charge >= 0.3 is 0 Å². The van der Waals surface area contributed by atoms with Crippen LogP contribution in [0.25, 0.3) is 5.57 Å². The van der Waals surface area contributed by atoms with E-state index in [1.54, 1.807) is 0 Å². The number of rotatable bonds is 2. The molecule has 1 aromatic rings. The van der Waals surface area contributed by atoms with Crippen molar-refractivity contribution in [2.45, 2.75) is 20.3 Å². The molecule has 1 aromatic carbocycles. The van der Waals surface area contributed by atoms with Gasteiger partial charge in [0.25, 0.3) is 0 Å². The fourth-order valence-electron chi connectivity index (χ4n) is 2.89. The average molecular weight is 280 g/mol. The largest absolute Gasteiger partial charge is 0.293 e. The van der Waals surface area contributed by atoms with Gasteiger partial charge in [-0.3, -0.25) is 4.79 Å². The highest BCUT2D eigenvalue weighted by molar-refractivity contribution is 7.80. The highest BCUT2D eigenvalue weighted by atomic mass is 32.1. The normalized spacial score (nSPS) is 20.8. The molecule has 0 amide bonds. The van der Waals surface area contributed by atoms with E-state index in [4.69, 9.17) is 12.2 Å². The molecule has 1 nitrogen and oxygen atoms in total. The number of carbonyl (C=O) groups excluding carboxylic acids is 1. The summed E-state index contributed by atoms with van der Waals surface area (Å²) in [6.45, 7) is 4.00. The van der Waals surface area contributed by atoms with Gasteiger partial charge in [-0.2, -0.15) is 0 Å². The van der Waals surface area contributed by atoms with E-state index in [1.807, 2.05) is 44.2 Å². The molecule has 0 atom stereocenters. The predicted molar refractivity (Wildman–Crippen MR) is 86.6 cm³/mol. The molecule has 0 aromatic heterocycles. The zero-order chi connectivity index (χ0) is 14.3. The third-order valence-electron chi connectivity index (χ3n) is 3.99. The molecule has 0 aliphatic heterocycles. The Hall–Kier alpha value is -1.80. The molecular weight excluding hydrogens is 264 g/mol. The third-order valence-corrected chi connectivity index (χ3v) is 4.30. The summed E-state index contributed by atoms with van der Waals surface area (Å²) in [4.78, 5) is 13.4. The topological polar surface area (TPSA) is 17.1 Å². The first-order valence-electron chi connectivity index (χ1n) is 6.78. The molecule has 0 fully saturated rings. The Labute approximate surface area is 124 Å². The summed E-state index contributed by atoms with van der Waals surface area (Å²) >= 11 is 5.16. The lowest BCUT2D eigenvalue weighted by molar-refractivity contribution is -0.122. The number of benzene rings is 1. The molecule has 0 saturated heterocycles. The molecule has 20 heavy (non-hydrogen) atoms. The van der Waals surface area contributed by atoms with Crippen LogP contribution in [-0.4, -0.2) is 10.6 Å². The van der Waals surface area contributed by atoms with Crippen molar-refractivity contribution in [2.75, 3.05) is 0 Å². The summed E-state index contributed by atoms with van der Waals surface area (Å²) in [5, 5.41) is 0. The maximum Gasteiger partial charge on any atom is 0.173 e. The Morgan fingerprint density at radius 1 is 1.10 bits per heavy atom. The third kappa shape index (κ3) is 1.92. The van der Waals surface area contributed by atoms with E-state index in [1.165, 1.54) is 0 Å². The van der Waals surface area contributed by atoms with E-state index in [0.717, 1.165) is 33.6 Å². The van der Waals surface area contributed by atoms with Crippen LogP contribution in [0.5, 0.6) is 0 Å². The number of hydrogen-bond acceptors (Lipinski definition) is 2. The lowest BCUT2D eigenvalue weighted by Gasteiger charge is -2.40. The molecule has 0 bridgehead atoms. The van der Waals surface area contributed by atoms with Crippen molar-refractivity contribution in [1.82, 2.24) is 0 Å². The van der Waals surface area contributed by atoms with Crippen molar-refractivity contribution >= 4 is 28.4 Å². The molecule has 0 radical (unpaired) electrons. The maximum atomic E-state index is 12.5. The van der Waals surface area contributed by atoms with Crippen LogP contribution in [0.3, 0.4) is 0 Å². The van der Waals surface area contributed by atoms with E-state index in [-0.39, 0.29) is 5.78 Å². The second kappa shape index (κ2) is 4.64. The second-order valence-corrected chi connectivity index (χ2v) is 6.26. The smallest absolute Gasteiger partial charge is 0.173 e. The van der Waals surface area contributed by atoms with Gasteiger partial charge < -0.3 is 0 Å². The van der Waals surface area contributed by atoms with E-state index < -0.39 is 5.41 Å². The highest BCUT2D eigenvalue weighted by Gasteiger charge is 2.47. The summed E-state index contributed by atoms with van der Waals surface area (Å²) in [7, 11) is 0. The fourth-order valence-corrected chi connectivity index (χ4v) is 3.04. The lowest BCUT2D eigenvalue weighted by Crippen LogP contribution is -2.39. The molecule has 0 spiro atoms. The Balaban J connectivity index is 2.13. The molecule has 0 heterocycles. The molecule has 0 N–H and O–H groups in total. The Kier molecular flexibility index (Phi) is 3.06. The van der Waals surface area contributed by atoms with Crippen molar-refractivity contribution in [3.8, 4) is 0 Å². The minimum Gasteiger partial charge on any atom is -0.293 e. The monoisotopic (exact) mass is 280 g/mol. The molecule has 2 aliphatic rings. The average Bonchev–Trinajstić information content (AvgIpc) is 2.46. The Morgan fingerprint density at radius 3 is 2.40 bits per heavy atom. The fraction of sp³-hybridized carbons (Fsp3) is 0.222. The molecule has 0 saturated carbocycles. The van der Waals surface area contributed by atoms with Gasteiger partial charge in [-0.05, 0) is 36.6 Å². The second-order valence-electron chi connectivity index (χ2n) is 5.73. The quantitative estimate of drug-likeness (QED) is 0.751. The van der Waals surface area contributed by atoms with Gasteiger partial charge in [-0.15, -0.1) is 0 Å². The zero-order valence-electron chi connectivity index (χ0n) is 11.6. The van der Waals surface area contributed by atoms with Gasteiger partial charge in [0.1, 0.15) is 0 Å². The predicted octanol–water partition coefficient (Wildman–Crippen LogP) is 4.31. The van der Waals surface area contributed by atoms with Gasteiger partial charge in [-0.25, -0.2) is 0 Å². The highest BCUT2D eigenvalue weighted by Crippen LogP contribution is 2.51. The van der Waals surface area contributed by atoms with Crippen LogP contribution in [0.4, 0.5) is 0 Å². The van der Waals surface area contributed by atoms with Gasteiger partial charge in [0, 0.05) is 16.9 Å². The van der Waals surface area contributed by atoms with Crippen molar-refractivity contribution in [1.29, 1.82) is 0 Å². The van der Waals surface area contributed by atoms with Crippen LogP contribution in [0.15, 0.2) is 59.7 Å². The van der Waals surface area contributed by atoms with E-state index in [2.05, 4.69) is 18.2 Å². The minimum absolute atomic E-state index is 0.222. The zero-order valence-corrected chi connectivity index (χ0v) is 12.5. The molecule has 2 heteroatoms. The number of allylic oxidation sites excluding steroid dienone is 6. The Morgan fingerprint density at radius 2 is 1.80 bits per heavy atom. The molecule has 100 valence electrons. The van der Waals surface area contributed by atoms with Crippen LogP contribution in [0, 0.1) is 5.41 Å². The lowest BCUT2D eigenvalue weighted by atomic mass is 9.61. The standard InChI is InChI=1S/C18H16OS/c1-18(2)16(13-6-4-3-5-7-13)15(17(18)19)12-8-10-14(20)11-9-12/h3-10H,11H2,1-2H3. The van der Waals surface area contributed by atoms with Crippen LogP contribution < -0.4 is 0 Å². The summed E-state index contributed by atoms with van der Waals surface area (Å²) in [5.41, 5.74) is 3.76. The molecule has 3 rings (SSSR count). The van der Waals surface area contributed by atoms with Crippen LogP contribution >= 0.6 is 12.2 Å². The van der Waals surface area contributed by atoms with Gasteiger partial charge in [-0.1, -0.05) is 54.7 Å². The van der Waals surface area contributed by atoms with Crippen molar-refractivity contribution < 1.29 is 4.79 Å². The van der Waals surface area contributed by atoms with E-state index >= 15 is 0 Å². The molecule has 0 unspecified atom stereocenters. The number of thiocarbonyl (C=S) groups is 1. The first-order chi connectivity index (χ1) is 9.51.